The van der Waals surface area contributed by atoms with Crippen LogP contribution in [0.2, 0.25) is 0 Å². The van der Waals surface area contributed by atoms with E-state index in [0.717, 1.165) is 32.6 Å². The molecule has 2 amide bonds. The second-order valence-corrected chi connectivity index (χ2v) is 5.58. The van der Waals surface area contributed by atoms with Gasteiger partial charge in [-0.2, -0.15) is 0 Å². The van der Waals surface area contributed by atoms with Gasteiger partial charge in [-0.1, -0.05) is 30.3 Å². The van der Waals surface area contributed by atoms with Gasteiger partial charge >= 0.3 is 6.03 Å². The smallest absolute Gasteiger partial charge is 0.317 e. The highest BCUT2D eigenvalue weighted by atomic mass is 16.2. The van der Waals surface area contributed by atoms with Gasteiger partial charge in [-0.05, 0) is 25.8 Å². The van der Waals surface area contributed by atoms with E-state index in [0.29, 0.717) is 12.6 Å². The van der Waals surface area contributed by atoms with Gasteiger partial charge in [0.25, 0.3) is 0 Å². The summed E-state index contributed by atoms with van der Waals surface area (Å²) in [4.78, 5) is 16.4. The zero-order chi connectivity index (χ0) is 14.4. The van der Waals surface area contributed by atoms with E-state index in [1.807, 2.05) is 23.1 Å². The maximum atomic E-state index is 12.1. The van der Waals surface area contributed by atoms with Gasteiger partial charge in [0.05, 0.1) is 0 Å². The summed E-state index contributed by atoms with van der Waals surface area (Å²) in [7, 11) is 0. The van der Waals surface area contributed by atoms with E-state index >= 15 is 0 Å². The summed E-state index contributed by atoms with van der Waals surface area (Å²) in [5, 5.41) is 3.01. The molecule has 20 heavy (non-hydrogen) atoms. The molecule has 4 heteroatoms. The number of nitrogens with one attached hydrogen (secondary N) is 1. The molecule has 1 N–H and O–H groups in total. The Hall–Kier alpha value is -1.55. The largest absolute Gasteiger partial charge is 0.338 e. The fourth-order valence-electron chi connectivity index (χ4n) is 2.51. The molecule has 0 radical (unpaired) electrons. The lowest BCUT2D eigenvalue weighted by Gasteiger charge is -2.36. The van der Waals surface area contributed by atoms with E-state index in [-0.39, 0.29) is 6.03 Å². The highest BCUT2D eigenvalue weighted by Crippen LogP contribution is 2.06. The molecule has 0 saturated carbocycles. The third kappa shape index (κ3) is 4.23. The van der Waals surface area contributed by atoms with Gasteiger partial charge in [-0.25, -0.2) is 4.79 Å². The van der Waals surface area contributed by atoms with Crippen LogP contribution < -0.4 is 5.32 Å². The molecule has 2 rings (SSSR count). The molecule has 0 aliphatic carbocycles. The quantitative estimate of drug-likeness (QED) is 0.912. The van der Waals surface area contributed by atoms with Crippen molar-refractivity contribution in [1.82, 2.24) is 15.1 Å². The van der Waals surface area contributed by atoms with E-state index in [1.54, 1.807) is 0 Å². The van der Waals surface area contributed by atoms with E-state index in [9.17, 15) is 4.79 Å². The van der Waals surface area contributed by atoms with Crippen LogP contribution in [0.4, 0.5) is 4.79 Å². The summed E-state index contributed by atoms with van der Waals surface area (Å²) < 4.78 is 0. The SMILES string of the molecule is CC(C)N1CCN(C(=O)NCCc2ccccc2)CC1. The zero-order valence-corrected chi connectivity index (χ0v) is 12.5. The van der Waals surface area contributed by atoms with Crippen LogP contribution >= 0.6 is 0 Å². The molecular weight excluding hydrogens is 250 g/mol. The molecule has 0 bridgehead atoms. The Kier molecular flexibility index (Phi) is 5.41. The molecule has 110 valence electrons. The number of hydrogen-bond donors (Lipinski definition) is 1. The number of carbonyl (C=O) groups is 1. The fraction of sp³-hybridized carbons (Fsp3) is 0.562. The minimum Gasteiger partial charge on any atom is -0.338 e. The average Bonchev–Trinajstić information content (AvgIpc) is 2.48. The van der Waals surface area contributed by atoms with Crippen molar-refractivity contribution >= 4 is 6.03 Å². The number of nitrogens with zero attached hydrogens (tertiary/aromatic N) is 2. The molecule has 0 spiro atoms. The van der Waals surface area contributed by atoms with Crippen LogP contribution in [0, 0.1) is 0 Å². The van der Waals surface area contributed by atoms with Gasteiger partial charge in [0, 0.05) is 38.8 Å². The Balaban J connectivity index is 1.68. The van der Waals surface area contributed by atoms with Crippen LogP contribution in [0.5, 0.6) is 0 Å². The first-order valence-electron chi connectivity index (χ1n) is 7.47. The standard InChI is InChI=1S/C16H25N3O/c1-14(2)18-10-12-19(13-11-18)16(20)17-9-8-15-6-4-3-5-7-15/h3-7,14H,8-13H2,1-2H3,(H,17,20). The third-order valence-electron chi connectivity index (χ3n) is 3.86. The molecule has 1 aliphatic heterocycles. The number of benzene rings is 1. The van der Waals surface area contributed by atoms with Crippen LogP contribution in [0.15, 0.2) is 30.3 Å². The fourth-order valence-corrected chi connectivity index (χ4v) is 2.51. The van der Waals surface area contributed by atoms with Gasteiger partial charge in [-0.15, -0.1) is 0 Å². The van der Waals surface area contributed by atoms with Crippen LogP contribution in [0.3, 0.4) is 0 Å². The minimum absolute atomic E-state index is 0.0735. The third-order valence-corrected chi connectivity index (χ3v) is 3.86. The highest BCUT2D eigenvalue weighted by molar-refractivity contribution is 5.74. The molecule has 0 unspecified atom stereocenters. The van der Waals surface area contributed by atoms with Crippen molar-refractivity contribution in [1.29, 1.82) is 0 Å². The number of piperazine rings is 1. The Morgan fingerprint density at radius 1 is 1.15 bits per heavy atom. The maximum Gasteiger partial charge on any atom is 0.317 e. The predicted molar refractivity (Wildman–Crippen MR) is 81.8 cm³/mol. The number of urea groups is 1. The number of carbonyl (C=O) groups excluding carboxylic acids is 1. The van der Waals surface area contributed by atoms with Crippen molar-refractivity contribution in [2.24, 2.45) is 0 Å². The molecule has 0 atom stereocenters. The predicted octanol–water partition coefficient (Wildman–Crippen LogP) is 1.96. The van der Waals surface area contributed by atoms with Crippen LogP contribution in [0.1, 0.15) is 19.4 Å². The Bertz CT molecular complexity index is 411. The molecule has 1 fully saturated rings. The summed E-state index contributed by atoms with van der Waals surface area (Å²) >= 11 is 0. The second-order valence-electron chi connectivity index (χ2n) is 5.58. The summed E-state index contributed by atoms with van der Waals surface area (Å²) in [5.41, 5.74) is 1.26. The topological polar surface area (TPSA) is 35.6 Å². The maximum absolute atomic E-state index is 12.1. The number of amides is 2. The van der Waals surface area contributed by atoms with E-state index in [4.69, 9.17) is 0 Å². The Morgan fingerprint density at radius 2 is 1.80 bits per heavy atom. The van der Waals surface area contributed by atoms with Crippen molar-refractivity contribution in [3.8, 4) is 0 Å². The van der Waals surface area contributed by atoms with Gasteiger partial charge in [0.2, 0.25) is 0 Å². The lowest BCUT2D eigenvalue weighted by atomic mass is 10.1. The molecular formula is C16H25N3O. The summed E-state index contributed by atoms with van der Waals surface area (Å²) in [6.07, 6.45) is 0.887. The van der Waals surface area contributed by atoms with Crippen molar-refractivity contribution in [2.75, 3.05) is 32.7 Å². The lowest BCUT2D eigenvalue weighted by Crippen LogP contribution is -2.53. The van der Waals surface area contributed by atoms with Crippen molar-refractivity contribution < 1.29 is 4.79 Å². The minimum atomic E-state index is 0.0735. The second kappa shape index (κ2) is 7.29. The zero-order valence-electron chi connectivity index (χ0n) is 12.5. The van der Waals surface area contributed by atoms with Gasteiger partial charge in [0.1, 0.15) is 0 Å². The van der Waals surface area contributed by atoms with Crippen LogP contribution in [-0.4, -0.2) is 54.6 Å². The van der Waals surface area contributed by atoms with Gasteiger partial charge in [0.15, 0.2) is 0 Å². The summed E-state index contributed by atoms with van der Waals surface area (Å²) in [6.45, 7) is 8.72. The lowest BCUT2D eigenvalue weighted by molar-refractivity contribution is 0.119. The molecule has 1 aromatic carbocycles. The highest BCUT2D eigenvalue weighted by Gasteiger charge is 2.21. The van der Waals surface area contributed by atoms with E-state index < -0.39 is 0 Å². The normalized spacial score (nSPS) is 16.4. The molecule has 0 aromatic heterocycles. The first kappa shape index (κ1) is 14.9. The van der Waals surface area contributed by atoms with E-state index in [2.05, 4.69) is 36.2 Å². The molecule has 1 aliphatic rings. The Labute approximate surface area is 121 Å². The van der Waals surface area contributed by atoms with Crippen molar-refractivity contribution in [3.63, 3.8) is 0 Å². The molecule has 1 saturated heterocycles. The van der Waals surface area contributed by atoms with Gasteiger partial charge in [-0.3, -0.25) is 4.90 Å². The van der Waals surface area contributed by atoms with E-state index in [1.165, 1.54) is 5.56 Å². The molecule has 1 aromatic rings. The van der Waals surface area contributed by atoms with Crippen LogP contribution in [0.25, 0.3) is 0 Å². The molecule has 4 nitrogen and oxygen atoms in total. The first-order chi connectivity index (χ1) is 9.66. The molecule has 1 heterocycles. The summed E-state index contributed by atoms with van der Waals surface area (Å²) in [6, 6.07) is 10.9. The van der Waals surface area contributed by atoms with Crippen molar-refractivity contribution in [2.45, 2.75) is 26.3 Å². The monoisotopic (exact) mass is 275 g/mol. The first-order valence-corrected chi connectivity index (χ1v) is 7.47. The number of rotatable bonds is 4. The summed E-state index contributed by atoms with van der Waals surface area (Å²) in [5.74, 6) is 0. The average molecular weight is 275 g/mol. The van der Waals surface area contributed by atoms with Crippen molar-refractivity contribution in [3.05, 3.63) is 35.9 Å². The van der Waals surface area contributed by atoms with Crippen LogP contribution in [-0.2, 0) is 6.42 Å². The Morgan fingerprint density at radius 3 is 2.40 bits per heavy atom. The number of hydrogen-bond acceptors (Lipinski definition) is 2. The van der Waals surface area contributed by atoms with Gasteiger partial charge < -0.3 is 10.2 Å².